The number of H-pyrrole nitrogens is 1. The molecule has 0 fully saturated rings. The molecule has 0 saturated heterocycles. The topological polar surface area (TPSA) is 84.1 Å². The van der Waals surface area contributed by atoms with Crippen LogP contribution >= 0.6 is 0 Å². The molecule has 1 amide bonds. The van der Waals surface area contributed by atoms with Crippen molar-refractivity contribution in [3.8, 4) is 0 Å². The van der Waals surface area contributed by atoms with Crippen molar-refractivity contribution in [3.05, 3.63) is 70.8 Å². The van der Waals surface area contributed by atoms with Crippen LogP contribution in [0.15, 0.2) is 36.7 Å². The molecule has 5 heterocycles. The lowest BCUT2D eigenvalue weighted by atomic mass is 9.99. The zero-order chi connectivity index (χ0) is 23.5. The lowest BCUT2D eigenvalue weighted by Crippen LogP contribution is -2.41. The summed E-state index contributed by atoms with van der Waals surface area (Å²) in [7, 11) is 1.54. The summed E-state index contributed by atoms with van der Waals surface area (Å²) in [5.74, 6) is -0.441. The van der Waals surface area contributed by atoms with Gasteiger partial charge in [0.15, 0.2) is 0 Å². The van der Waals surface area contributed by atoms with E-state index in [9.17, 15) is 22.4 Å². The Morgan fingerprint density at radius 3 is 2.73 bits per heavy atom. The van der Waals surface area contributed by atoms with E-state index in [1.165, 1.54) is 47.1 Å². The van der Waals surface area contributed by atoms with Crippen molar-refractivity contribution in [1.29, 1.82) is 0 Å². The second-order valence-corrected chi connectivity index (χ2v) is 7.93. The van der Waals surface area contributed by atoms with Gasteiger partial charge in [-0.05, 0) is 31.2 Å². The Hall–Kier alpha value is -3.70. The smallest absolute Gasteiger partial charge is 0.348 e. The van der Waals surface area contributed by atoms with E-state index in [4.69, 9.17) is 0 Å². The van der Waals surface area contributed by atoms with Crippen molar-refractivity contribution in [1.82, 2.24) is 34.3 Å². The summed E-state index contributed by atoms with van der Waals surface area (Å²) in [5, 5.41) is 8.29. The van der Waals surface area contributed by atoms with Crippen molar-refractivity contribution >= 4 is 11.4 Å². The van der Waals surface area contributed by atoms with E-state index in [-0.39, 0.29) is 29.1 Å². The maximum Gasteiger partial charge on any atom is 0.433 e. The van der Waals surface area contributed by atoms with Gasteiger partial charge in [0.05, 0.1) is 28.9 Å². The van der Waals surface area contributed by atoms with Crippen LogP contribution in [0.3, 0.4) is 0 Å². The highest BCUT2D eigenvalue weighted by molar-refractivity contribution is 5.93. The molecule has 8 nitrogen and oxygen atoms in total. The Bertz CT molecular complexity index is 1350. The minimum absolute atomic E-state index is 0.123. The zero-order valence-corrected chi connectivity index (χ0v) is 17.6. The minimum Gasteiger partial charge on any atom is -0.348 e. The van der Waals surface area contributed by atoms with Gasteiger partial charge in [0.25, 0.3) is 5.91 Å². The number of aromatic amines is 1. The molecule has 4 aromatic heterocycles. The van der Waals surface area contributed by atoms with E-state index in [0.717, 1.165) is 16.3 Å². The Kier molecular flexibility index (Phi) is 4.76. The molecule has 0 radical (unpaired) electrons. The third-order valence-electron chi connectivity index (χ3n) is 5.79. The maximum absolute atomic E-state index is 13.8. The average molecular weight is 461 g/mol. The van der Waals surface area contributed by atoms with Crippen LogP contribution in [0.4, 0.5) is 17.6 Å². The first kappa shape index (κ1) is 21.2. The number of halogens is 4. The number of aromatic nitrogens is 6. The molecule has 0 spiro atoms. The highest BCUT2D eigenvalue weighted by Gasteiger charge is 2.39. The SMILES string of the molecule is CC(F)c1cc(C(=O)N2CCc3[nH]cnc3[C@H]2c2cc3cccc(C(F)(F)F)n3n2)n(C)n1. The summed E-state index contributed by atoms with van der Waals surface area (Å²) in [6.07, 6.45) is -4.00. The molecule has 1 aliphatic heterocycles. The molecular weight excluding hydrogens is 442 g/mol. The third-order valence-corrected chi connectivity index (χ3v) is 5.79. The van der Waals surface area contributed by atoms with E-state index in [1.807, 2.05) is 0 Å². The number of pyridine rings is 1. The number of rotatable bonds is 3. The fourth-order valence-corrected chi connectivity index (χ4v) is 4.21. The van der Waals surface area contributed by atoms with Crippen molar-refractivity contribution in [2.24, 2.45) is 7.05 Å². The molecule has 2 atom stereocenters. The number of fused-ring (bicyclic) bond motifs is 2. The molecule has 5 rings (SSSR count). The van der Waals surface area contributed by atoms with Gasteiger partial charge in [-0.3, -0.25) is 9.48 Å². The van der Waals surface area contributed by atoms with Gasteiger partial charge in [-0.2, -0.15) is 23.4 Å². The van der Waals surface area contributed by atoms with Crippen molar-refractivity contribution in [3.63, 3.8) is 0 Å². The summed E-state index contributed by atoms with van der Waals surface area (Å²) >= 11 is 0. The van der Waals surface area contributed by atoms with Gasteiger partial charge in [0.1, 0.15) is 23.6 Å². The van der Waals surface area contributed by atoms with Gasteiger partial charge < -0.3 is 9.88 Å². The number of hydrogen-bond acceptors (Lipinski definition) is 4. The fraction of sp³-hybridized carbons (Fsp3) is 0.333. The number of hydrogen-bond donors (Lipinski definition) is 1. The first-order chi connectivity index (χ1) is 15.6. The Labute approximate surface area is 184 Å². The van der Waals surface area contributed by atoms with E-state index >= 15 is 0 Å². The molecule has 0 aliphatic carbocycles. The van der Waals surface area contributed by atoms with Crippen molar-refractivity contribution in [2.75, 3.05) is 6.54 Å². The molecule has 172 valence electrons. The quantitative estimate of drug-likeness (QED) is 0.473. The van der Waals surface area contributed by atoms with Gasteiger partial charge in [0.2, 0.25) is 0 Å². The van der Waals surface area contributed by atoms with Crippen LogP contribution in [0.25, 0.3) is 5.52 Å². The molecule has 1 unspecified atom stereocenters. The maximum atomic E-state index is 13.8. The van der Waals surface area contributed by atoms with Crippen LogP contribution < -0.4 is 0 Å². The molecule has 12 heteroatoms. The molecule has 0 aromatic carbocycles. The summed E-state index contributed by atoms with van der Waals surface area (Å²) in [5.41, 5.74) is 1.14. The van der Waals surface area contributed by atoms with E-state index in [1.54, 1.807) is 7.05 Å². The first-order valence-electron chi connectivity index (χ1n) is 10.2. The fourth-order valence-electron chi connectivity index (χ4n) is 4.21. The van der Waals surface area contributed by atoms with Crippen LogP contribution in [-0.4, -0.2) is 46.7 Å². The lowest BCUT2D eigenvalue weighted by molar-refractivity contribution is -0.142. The van der Waals surface area contributed by atoms with Gasteiger partial charge in [0, 0.05) is 25.7 Å². The van der Waals surface area contributed by atoms with Crippen molar-refractivity contribution < 1.29 is 22.4 Å². The second kappa shape index (κ2) is 7.42. The number of imidazole rings is 1. The highest BCUT2D eigenvalue weighted by atomic mass is 19.4. The number of carbonyl (C=O) groups is 1. The number of aryl methyl sites for hydroxylation is 1. The van der Waals surface area contributed by atoms with Crippen LogP contribution in [-0.2, 0) is 19.6 Å². The van der Waals surface area contributed by atoms with Crippen LogP contribution in [0.5, 0.6) is 0 Å². The normalized spacial score (nSPS) is 17.4. The summed E-state index contributed by atoms with van der Waals surface area (Å²) < 4.78 is 56.4. The molecule has 33 heavy (non-hydrogen) atoms. The lowest BCUT2D eigenvalue weighted by Gasteiger charge is -2.33. The standard InChI is InChI=1S/C21H19F4N7O/c1-11(22)14-9-16(30(2)28-14)20(33)31-7-6-13-18(27-10-26-13)19(31)15-8-12-4-3-5-17(21(23,24)25)32(12)29-15/h3-5,8-11,19H,6-7H2,1-2H3,(H,26,27)/t11?,19-/m1/s1. The van der Waals surface area contributed by atoms with E-state index in [2.05, 4.69) is 20.2 Å². The summed E-state index contributed by atoms with van der Waals surface area (Å²) in [6, 6.07) is 5.85. The molecule has 0 saturated carbocycles. The van der Waals surface area contributed by atoms with Crippen LogP contribution in [0.2, 0.25) is 0 Å². The average Bonchev–Trinajstić information content (AvgIpc) is 3.48. The number of nitrogens with one attached hydrogen (secondary N) is 1. The van der Waals surface area contributed by atoms with Crippen LogP contribution in [0.1, 0.15) is 58.1 Å². The van der Waals surface area contributed by atoms with Gasteiger partial charge in [-0.15, -0.1) is 0 Å². The largest absolute Gasteiger partial charge is 0.433 e. The Balaban J connectivity index is 1.63. The number of carbonyl (C=O) groups excluding carboxylic acids is 1. The molecular formula is C21H19F4N7O. The molecule has 4 aromatic rings. The molecule has 1 aliphatic rings. The Morgan fingerprint density at radius 1 is 1.24 bits per heavy atom. The van der Waals surface area contributed by atoms with Gasteiger partial charge >= 0.3 is 6.18 Å². The number of amides is 1. The monoisotopic (exact) mass is 461 g/mol. The molecule has 0 bridgehead atoms. The third kappa shape index (κ3) is 3.45. The molecule has 1 N–H and O–H groups in total. The predicted molar refractivity (Wildman–Crippen MR) is 108 cm³/mol. The second-order valence-electron chi connectivity index (χ2n) is 7.93. The zero-order valence-electron chi connectivity index (χ0n) is 17.6. The first-order valence-corrected chi connectivity index (χ1v) is 10.2. The van der Waals surface area contributed by atoms with Crippen LogP contribution in [0, 0.1) is 0 Å². The van der Waals surface area contributed by atoms with E-state index < -0.39 is 30.0 Å². The summed E-state index contributed by atoms with van der Waals surface area (Å²) in [6.45, 7) is 1.59. The number of nitrogens with zero attached hydrogens (tertiary/aromatic N) is 6. The highest BCUT2D eigenvalue weighted by Crippen LogP contribution is 2.36. The Morgan fingerprint density at radius 2 is 2.03 bits per heavy atom. The van der Waals surface area contributed by atoms with Gasteiger partial charge in [-0.1, -0.05) is 6.07 Å². The minimum atomic E-state index is -4.60. The summed E-state index contributed by atoms with van der Waals surface area (Å²) in [4.78, 5) is 22.4. The van der Waals surface area contributed by atoms with Gasteiger partial charge in [-0.25, -0.2) is 13.9 Å². The number of alkyl halides is 4. The predicted octanol–water partition coefficient (Wildman–Crippen LogP) is 3.63. The van der Waals surface area contributed by atoms with Crippen molar-refractivity contribution in [2.45, 2.75) is 31.7 Å². The van der Waals surface area contributed by atoms with E-state index in [0.29, 0.717) is 12.1 Å².